The number of carbonyl (C=O) groups is 3. The first kappa shape index (κ1) is 22.7. The van der Waals surface area contributed by atoms with Gasteiger partial charge in [0.25, 0.3) is 0 Å². The van der Waals surface area contributed by atoms with Crippen LogP contribution in [0.2, 0.25) is 0 Å². The Balaban J connectivity index is 1.90. The topological polar surface area (TPSA) is 102 Å². The van der Waals surface area contributed by atoms with E-state index in [9.17, 15) is 19.5 Å². The van der Waals surface area contributed by atoms with Crippen molar-refractivity contribution in [2.24, 2.45) is 11.3 Å². The second-order valence-electron chi connectivity index (χ2n) is 8.66. The Labute approximate surface area is 181 Å². The van der Waals surface area contributed by atoms with Gasteiger partial charge in [0.05, 0.1) is 12.5 Å². The Morgan fingerprint density at radius 3 is 2.55 bits per heavy atom. The lowest BCUT2D eigenvalue weighted by atomic mass is 9.86. The van der Waals surface area contributed by atoms with Gasteiger partial charge in [0.15, 0.2) is 6.10 Å². The molecule has 0 aliphatic carbocycles. The number of fused-ring (bicyclic) bond motifs is 1. The van der Waals surface area contributed by atoms with Crippen LogP contribution < -0.4 is 5.32 Å². The van der Waals surface area contributed by atoms with Crippen molar-refractivity contribution in [1.29, 1.82) is 0 Å². The smallest absolute Gasteiger partial charge is 0.333 e. The molecule has 0 spiro atoms. The van der Waals surface area contributed by atoms with Crippen LogP contribution >= 0.6 is 0 Å². The average molecular weight is 427 g/mol. The number of nitrogens with one attached hydrogen (secondary N) is 1. The number of amides is 1. The molecule has 1 aliphatic rings. The van der Waals surface area contributed by atoms with Gasteiger partial charge in [-0.3, -0.25) is 4.79 Å². The summed E-state index contributed by atoms with van der Waals surface area (Å²) in [4.78, 5) is 37.4. The van der Waals surface area contributed by atoms with Gasteiger partial charge in [0.1, 0.15) is 6.04 Å². The second-order valence-corrected chi connectivity index (χ2v) is 8.66. The number of carboxylic acids is 1. The molecule has 1 saturated heterocycles. The van der Waals surface area contributed by atoms with Crippen molar-refractivity contribution < 1.29 is 29.0 Å². The molecule has 3 atom stereocenters. The fourth-order valence-electron chi connectivity index (χ4n) is 3.81. The lowest BCUT2D eigenvalue weighted by Gasteiger charge is -2.28. The van der Waals surface area contributed by atoms with E-state index in [0.717, 1.165) is 16.3 Å². The van der Waals surface area contributed by atoms with E-state index >= 15 is 0 Å². The quantitative estimate of drug-likeness (QED) is 0.597. The lowest BCUT2D eigenvalue weighted by molar-refractivity contribution is -0.158. The van der Waals surface area contributed by atoms with Gasteiger partial charge in [-0.25, -0.2) is 9.59 Å². The molecule has 1 amide bonds. The SMILES string of the molecule is CCCO[C@H](C(=O)O)[C@@H](Cc1ccc2ccccc2c1)C(=O)NC1C(=O)OCC1(C)C. The van der Waals surface area contributed by atoms with Gasteiger partial charge in [0.2, 0.25) is 5.91 Å². The van der Waals surface area contributed by atoms with Crippen LogP contribution in [0.25, 0.3) is 10.8 Å². The Morgan fingerprint density at radius 1 is 1.23 bits per heavy atom. The van der Waals surface area contributed by atoms with Crippen molar-refractivity contribution in [3.8, 4) is 0 Å². The molecule has 0 bridgehead atoms. The minimum Gasteiger partial charge on any atom is -0.479 e. The largest absolute Gasteiger partial charge is 0.479 e. The number of benzene rings is 2. The molecule has 3 rings (SSSR count). The number of hydrogen-bond donors (Lipinski definition) is 2. The monoisotopic (exact) mass is 427 g/mol. The lowest BCUT2D eigenvalue weighted by Crippen LogP contribution is -2.52. The summed E-state index contributed by atoms with van der Waals surface area (Å²) >= 11 is 0. The second kappa shape index (κ2) is 9.47. The number of esters is 1. The summed E-state index contributed by atoms with van der Waals surface area (Å²) in [6.07, 6.45) is -0.540. The maximum atomic E-state index is 13.2. The van der Waals surface area contributed by atoms with E-state index in [1.54, 1.807) is 0 Å². The van der Waals surface area contributed by atoms with Crippen molar-refractivity contribution in [2.45, 2.75) is 45.8 Å². The first-order valence-electron chi connectivity index (χ1n) is 10.5. The number of ether oxygens (including phenoxy) is 2. The molecular weight excluding hydrogens is 398 g/mol. The van der Waals surface area contributed by atoms with E-state index in [1.807, 2.05) is 63.2 Å². The first-order valence-corrected chi connectivity index (χ1v) is 10.5. The molecule has 0 saturated carbocycles. The van der Waals surface area contributed by atoms with Gasteiger partial charge in [-0.15, -0.1) is 0 Å². The molecule has 1 aliphatic heterocycles. The zero-order valence-corrected chi connectivity index (χ0v) is 18.1. The molecule has 1 heterocycles. The number of carbonyl (C=O) groups excluding carboxylic acids is 2. The maximum Gasteiger partial charge on any atom is 0.333 e. The minimum absolute atomic E-state index is 0.166. The van der Waals surface area contributed by atoms with E-state index in [1.165, 1.54) is 0 Å². The van der Waals surface area contributed by atoms with Crippen LogP contribution in [0.5, 0.6) is 0 Å². The summed E-state index contributed by atoms with van der Waals surface area (Å²) in [5.41, 5.74) is 0.238. The number of carboxylic acid groups (broad SMARTS) is 1. The Bertz CT molecular complexity index is 969. The molecule has 7 heteroatoms. The summed E-state index contributed by atoms with van der Waals surface area (Å²) in [6.45, 7) is 5.93. The van der Waals surface area contributed by atoms with Gasteiger partial charge in [-0.1, -0.05) is 63.2 Å². The summed E-state index contributed by atoms with van der Waals surface area (Å²) < 4.78 is 10.7. The Kier molecular flexibility index (Phi) is 6.95. The minimum atomic E-state index is -1.33. The predicted octanol–water partition coefficient (Wildman–Crippen LogP) is 2.95. The molecule has 2 N–H and O–H groups in total. The van der Waals surface area contributed by atoms with Crippen molar-refractivity contribution >= 4 is 28.6 Å². The normalized spacial score (nSPS) is 19.6. The summed E-state index contributed by atoms with van der Waals surface area (Å²) in [5, 5.41) is 14.6. The molecule has 7 nitrogen and oxygen atoms in total. The Hall–Kier alpha value is -2.93. The van der Waals surface area contributed by atoms with Crippen molar-refractivity contribution in [3.63, 3.8) is 0 Å². The molecule has 1 fully saturated rings. The van der Waals surface area contributed by atoms with E-state index < -0.39 is 41.3 Å². The molecule has 2 aromatic carbocycles. The van der Waals surface area contributed by atoms with E-state index in [4.69, 9.17) is 9.47 Å². The summed E-state index contributed by atoms with van der Waals surface area (Å²) in [7, 11) is 0. The van der Waals surface area contributed by atoms with Crippen molar-refractivity contribution in [2.75, 3.05) is 13.2 Å². The van der Waals surface area contributed by atoms with Gasteiger partial charge >= 0.3 is 11.9 Å². The number of rotatable bonds is 9. The van der Waals surface area contributed by atoms with E-state index in [2.05, 4.69) is 5.32 Å². The highest BCUT2D eigenvalue weighted by molar-refractivity contribution is 5.91. The third-order valence-corrected chi connectivity index (χ3v) is 5.61. The molecule has 1 unspecified atom stereocenters. The van der Waals surface area contributed by atoms with Gasteiger partial charge in [0, 0.05) is 12.0 Å². The predicted molar refractivity (Wildman–Crippen MR) is 115 cm³/mol. The molecule has 0 aromatic heterocycles. The highest BCUT2D eigenvalue weighted by Gasteiger charge is 2.46. The third-order valence-electron chi connectivity index (χ3n) is 5.61. The van der Waals surface area contributed by atoms with Gasteiger partial charge in [-0.05, 0) is 29.2 Å². The molecule has 31 heavy (non-hydrogen) atoms. The maximum absolute atomic E-state index is 13.2. The molecule has 0 radical (unpaired) electrons. The Morgan fingerprint density at radius 2 is 1.94 bits per heavy atom. The number of cyclic esters (lactones) is 1. The van der Waals surface area contributed by atoms with E-state index in [0.29, 0.717) is 6.42 Å². The van der Waals surface area contributed by atoms with Crippen LogP contribution in [0.15, 0.2) is 42.5 Å². The average Bonchev–Trinajstić information content (AvgIpc) is 2.99. The van der Waals surface area contributed by atoms with Gasteiger partial charge in [-0.2, -0.15) is 0 Å². The van der Waals surface area contributed by atoms with Crippen molar-refractivity contribution in [3.05, 3.63) is 48.0 Å². The van der Waals surface area contributed by atoms with Crippen LogP contribution in [0.3, 0.4) is 0 Å². The number of hydrogen-bond acceptors (Lipinski definition) is 5. The van der Waals surface area contributed by atoms with Crippen LogP contribution in [0.4, 0.5) is 0 Å². The van der Waals surface area contributed by atoms with Gasteiger partial charge < -0.3 is 19.9 Å². The highest BCUT2D eigenvalue weighted by Crippen LogP contribution is 2.29. The van der Waals surface area contributed by atoms with Crippen LogP contribution in [0.1, 0.15) is 32.8 Å². The summed E-state index contributed by atoms with van der Waals surface area (Å²) in [5.74, 6) is -3.25. The number of aliphatic carboxylic acids is 1. The standard InChI is InChI=1S/C24H29NO6/c1-4-11-30-19(22(27)28)18(21(26)25-20-23(29)31-14-24(20,2)3)13-15-9-10-16-7-5-6-8-17(16)12-15/h5-10,12,18-20H,4,11,13-14H2,1-3H3,(H,25,26)(H,27,28)/t18-,19+,20?/m1/s1. The van der Waals surface area contributed by atoms with Crippen LogP contribution in [-0.2, 0) is 30.3 Å². The fraction of sp³-hybridized carbons (Fsp3) is 0.458. The zero-order chi connectivity index (χ0) is 22.6. The first-order chi connectivity index (χ1) is 14.7. The van der Waals surface area contributed by atoms with Crippen LogP contribution in [-0.4, -0.2) is 48.3 Å². The summed E-state index contributed by atoms with van der Waals surface area (Å²) in [6, 6.07) is 12.8. The molecule has 2 aromatic rings. The van der Waals surface area contributed by atoms with Crippen molar-refractivity contribution in [1.82, 2.24) is 5.32 Å². The molecule has 166 valence electrons. The molecular formula is C24H29NO6. The highest BCUT2D eigenvalue weighted by atomic mass is 16.5. The fourth-order valence-corrected chi connectivity index (χ4v) is 3.81. The van der Waals surface area contributed by atoms with E-state index in [-0.39, 0.29) is 19.6 Å². The van der Waals surface area contributed by atoms with Crippen LogP contribution in [0, 0.1) is 11.3 Å². The third kappa shape index (κ3) is 5.22. The zero-order valence-electron chi connectivity index (χ0n) is 18.1.